The third kappa shape index (κ3) is 6.80. The van der Waals surface area contributed by atoms with E-state index in [9.17, 15) is 4.79 Å². The standard InChI is InChI=1S/C17H24O2/c1-3-4-5-6-7-8-9-14-19-17-12-10-16(11-13-17)15(2)18/h4-5,10-13H,3,6-9,14H2,1-2H3. The summed E-state index contributed by atoms with van der Waals surface area (Å²) in [6, 6.07) is 7.35. The van der Waals surface area contributed by atoms with Crippen LogP contribution in [0.3, 0.4) is 0 Å². The average Bonchev–Trinajstić information content (AvgIpc) is 2.42. The third-order valence-electron chi connectivity index (χ3n) is 2.95. The highest BCUT2D eigenvalue weighted by Crippen LogP contribution is 2.13. The second-order valence-electron chi connectivity index (χ2n) is 4.66. The predicted octanol–water partition coefficient (Wildman–Crippen LogP) is 4.79. The minimum absolute atomic E-state index is 0.0895. The van der Waals surface area contributed by atoms with Crippen molar-refractivity contribution in [2.75, 3.05) is 6.61 Å². The minimum Gasteiger partial charge on any atom is -0.494 e. The largest absolute Gasteiger partial charge is 0.494 e. The summed E-state index contributed by atoms with van der Waals surface area (Å²) in [4.78, 5) is 11.1. The molecule has 19 heavy (non-hydrogen) atoms. The van der Waals surface area contributed by atoms with E-state index in [1.54, 1.807) is 6.92 Å². The van der Waals surface area contributed by atoms with Crippen LogP contribution in [0.5, 0.6) is 5.75 Å². The maximum atomic E-state index is 11.1. The molecule has 0 saturated carbocycles. The molecule has 0 fully saturated rings. The third-order valence-corrected chi connectivity index (χ3v) is 2.95. The van der Waals surface area contributed by atoms with Crippen LogP contribution in [0.15, 0.2) is 36.4 Å². The Morgan fingerprint density at radius 3 is 2.47 bits per heavy atom. The number of ketones is 1. The summed E-state index contributed by atoms with van der Waals surface area (Å²) >= 11 is 0. The van der Waals surface area contributed by atoms with Crippen LogP contribution in [0.4, 0.5) is 0 Å². The molecule has 0 aliphatic carbocycles. The Hall–Kier alpha value is -1.57. The fourth-order valence-corrected chi connectivity index (χ4v) is 1.80. The van der Waals surface area contributed by atoms with Crippen molar-refractivity contribution in [1.82, 2.24) is 0 Å². The van der Waals surface area contributed by atoms with Crippen molar-refractivity contribution >= 4 is 5.78 Å². The Morgan fingerprint density at radius 1 is 1.11 bits per heavy atom. The Balaban J connectivity index is 2.12. The van der Waals surface area contributed by atoms with Gasteiger partial charge in [0.2, 0.25) is 0 Å². The van der Waals surface area contributed by atoms with E-state index in [4.69, 9.17) is 4.74 Å². The van der Waals surface area contributed by atoms with Crippen LogP contribution in [0.25, 0.3) is 0 Å². The molecule has 0 unspecified atom stereocenters. The lowest BCUT2D eigenvalue weighted by Gasteiger charge is -2.06. The number of carbonyl (C=O) groups is 1. The summed E-state index contributed by atoms with van der Waals surface area (Å²) < 4.78 is 5.64. The predicted molar refractivity (Wildman–Crippen MR) is 79.8 cm³/mol. The first-order valence-corrected chi connectivity index (χ1v) is 7.13. The highest BCUT2D eigenvalue weighted by molar-refractivity contribution is 5.94. The van der Waals surface area contributed by atoms with E-state index >= 15 is 0 Å². The molecule has 0 aromatic heterocycles. The molecule has 1 aromatic rings. The van der Waals surface area contributed by atoms with Crippen LogP contribution in [0.2, 0.25) is 0 Å². The molecule has 2 heteroatoms. The zero-order chi connectivity index (χ0) is 13.9. The van der Waals surface area contributed by atoms with E-state index in [0.717, 1.165) is 30.8 Å². The summed E-state index contributed by atoms with van der Waals surface area (Å²) in [5.41, 5.74) is 0.732. The van der Waals surface area contributed by atoms with Crippen LogP contribution >= 0.6 is 0 Å². The summed E-state index contributed by atoms with van der Waals surface area (Å²) in [6.07, 6.45) is 10.3. The lowest BCUT2D eigenvalue weighted by molar-refractivity contribution is 0.101. The molecule has 0 aliphatic heterocycles. The molecule has 0 bridgehead atoms. The van der Waals surface area contributed by atoms with E-state index in [1.807, 2.05) is 24.3 Å². The summed E-state index contributed by atoms with van der Waals surface area (Å²) in [5, 5.41) is 0. The number of Topliss-reactive ketones (excluding diaryl/α,β-unsaturated/α-hetero) is 1. The number of hydrogen-bond donors (Lipinski definition) is 0. The average molecular weight is 260 g/mol. The molecular formula is C17H24O2. The normalized spacial score (nSPS) is 10.8. The molecule has 0 N–H and O–H groups in total. The lowest BCUT2D eigenvalue weighted by atomic mass is 10.1. The van der Waals surface area contributed by atoms with Gasteiger partial charge in [0.1, 0.15) is 5.75 Å². The van der Waals surface area contributed by atoms with Gasteiger partial charge in [-0.2, -0.15) is 0 Å². The van der Waals surface area contributed by atoms with Crippen molar-refractivity contribution in [3.63, 3.8) is 0 Å². The van der Waals surface area contributed by atoms with Crippen molar-refractivity contribution in [3.8, 4) is 5.75 Å². The Morgan fingerprint density at radius 2 is 1.84 bits per heavy atom. The molecule has 0 saturated heterocycles. The zero-order valence-corrected chi connectivity index (χ0v) is 12.0. The lowest BCUT2D eigenvalue weighted by Crippen LogP contribution is -1.98. The molecule has 1 rings (SSSR count). The van der Waals surface area contributed by atoms with Crippen molar-refractivity contribution < 1.29 is 9.53 Å². The van der Waals surface area contributed by atoms with Crippen molar-refractivity contribution in [2.24, 2.45) is 0 Å². The number of allylic oxidation sites excluding steroid dienone is 2. The second-order valence-corrected chi connectivity index (χ2v) is 4.66. The summed E-state index contributed by atoms with van der Waals surface area (Å²) in [5.74, 6) is 0.933. The van der Waals surface area contributed by atoms with Crippen molar-refractivity contribution in [2.45, 2.75) is 46.0 Å². The summed E-state index contributed by atoms with van der Waals surface area (Å²) in [7, 11) is 0. The van der Waals surface area contributed by atoms with Crippen LogP contribution in [-0.2, 0) is 0 Å². The Kier molecular flexibility index (Phi) is 7.64. The van der Waals surface area contributed by atoms with E-state index < -0.39 is 0 Å². The molecular weight excluding hydrogens is 236 g/mol. The molecule has 0 atom stereocenters. The first kappa shape index (κ1) is 15.5. The van der Waals surface area contributed by atoms with Crippen molar-refractivity contribution in [1.29, 1.82) is 0 Å². The zero-order valence-electron chi connectivity index (χ0n) is 12.0. The second kappa shape index (κ2) is 9.37. The van der Waals surface area contributed by atoms with Gasteiger partial charge in [-0.1, -0.05) is 19.1 Å². The van der Waals surface area contributed by atoms with Gasteiger partial charge in [0.25, 0.3) is 0 Å². The van der Waals surface area contributed by atoms with Crippen molar-refractivity contribution in [3.05, 3.63) is 42.0 Å². The molecule has 2 nitrogen and oxygen atoms in total. The van der Waals surface area contributed by atoms with Crippen LogP contribution in [0.1, 0.15) is 56.3 Å². The van der Waals surface area contributed by atoms with E-state index in [1.165, 1.54) is 19.3 Å². The van der Waals surface area contributed by atoms with Gasteiger partial charge < -0.3 is 4.74 Å². The van der Waals surface area contributed by atoms with Gasteiger partial charge in [0, 0.05) is 5.56 Å². The van der Waals surface area contributed by atoms with Gasteiger partial charge in [-0.25, -0.2) is 0 Å². The topological polar surface area (TPSA) is 26.3 Å². The maximum Gasteiger partial charge on any atom is 0.159 e. The number of ether oxygens (including phenoxy) is 1. The maximum absolute atomic E-state index is 11.1. The molecule has 1 aromatic carbocycles. The van der Waals surface area contributed by atoms with E-state index in [-0.39, 0.29) is 5.78 Å². The Bertz CT molecular complexity index is 390. The number of hydrogen-bond acceptors (Lipinski definition) is 2. The first-order chi connectivity index (χ1) is 9.24. The highest BCUT2D eigenvalue weighted by Gasteiger charge is 1.99. The fourth-order valence-electron chi connectivity index (χ4n) is 1.80. The van der Waals surface area contributed by atoms with Gasteiger partial charge in [-0.15, -0.1) is 0 Å². The van der Waals surface area contributed by atoms with E-state index in [2.05, 4.69) is 19.1 Å². The van der Waals surface area contributed by atoms with E-state index in [0.29, 0.717) is 0 Å². The number of benzene rings is 1. The molecule has 104 valence electrons. The van der Waals surface area contributed by atoms with Crippen LogP contribution in [-0.4, -0.2) is 12.4 Å². The number of carbonyl (C=O) groups excluding carboxylic acids is 1. The van der Waals surface area contributed by atoms with Crippen LogP contribution < -0.4 is 4.74 Å². The molecule has 0 aliphatic rings. The Labute approximate surface area is 116 Å². The number of rotatable bonds is 9. The van der Waals surface area contributed by atoms with Crippen LogP contribution in [0, 0.1) is 0 Å². The van der Waals surface area contributed by atoms with Gasteiger partial charge in [0.05, 0.1) is 6.61 Å². The van der Waals surface area contributed by atoms with Gasteiger partial charge in [0.15, 0.2) is 5.78 Å². The molecule has 0 radical (unpaired) electrons. The smallest absolute Gasteiger partial charge is 0.159 e. The molecule has 0 amide bonds. The SMILES string of the molecule is CCC=CCCCCCOc1ccc(C(C)=O)cc1. The van der Waals surface area contributed by atoms with Gasteiger partial charge in [-0.05, 0) is 63.3 Å². The van der Waals surface area contributed by atoms with Gasteiger partial charge in [-0.3, -0.25) is 4.79 Å². The monoisotopic (exact) mass is 260 g/mol. The summed E-state index contributed by atoms with van der Waals surface area (Å²) in [6.45, 7) is 4.47. The quantitative estimate of drug-likeness (QED) is 0.362. The fraction of sp³-hybridized carbons (Fsp3) is 0.471. The number of unbranched alkanes of at least 4 members (excludes halogenated alkanes) is 3. The first-order valence-electron chi connectivity index (χ1n) is 7.13. The van der Waals surface area contributed by atoms with Gasteiger partial charge >= 0.3 is 0 Å². The minimum atomic E-state index is 0.0895. The molecule has 0 spiro atoms. The molecule has 0 heterocycles. The highest BCUT2D eigenvalue weighted by atomic mass is 16.5.